The van der Waals surface area contributed by atoms with Crippen LogP contribution in [0.15, 0.2) is 28.7 Å². The van der Waals surface area contributed by atoms with E-state index in [2.05, 4.69) is 61.6 Å². The van der Waals surface area contributed by atoms with Crippen molar-refractivity contribution >= 4 is 34.1 Å². The van der Waals surface area contributed by atoms with Crippen LogP contribution in [0.25, 0.3) is 0 Å². The van der Waals surface area contributed by atoms with Gasteiger partial charge in [0.2, 0.25) is 10.7 Å². The molecule has 2 aliphatic rings. The Hall–Kier alpha value is -1.18. The lowest BCUT2D eigenvalue weighted by Gasteiger charge is -2.27. The highest BCUT2D eigenvalue weighted by molar-refractivity contribution is 9.10. The molecule has 0 spiro atoms. The first-order chi connectivity index (χ1) is 12.6. The van der Waals surface area contributed by atoms with Crippen LogP contribution in [0.1, 0.15) is 43.7 Å². The van der Waals surface area contributed by atoms with Crippen molar-refractivity contribution in [3.8, 4) is 0 Å². The third-order valence-corrected chi connectivity index (χ3v) is 6.08. The molecule has 1 aliphatic heterocycles. The largest absolute Gasteiger partial charge is 0.341 e. The second-order valence-electron chi connectivity index (χ2n) is 7.51. The van der Waals surface area contributed by atoms with E-state index in [0.717, 1.165) is 41.5 Å². The van der Waals surface area contributed by atoms with Crippen molar-refractivity contribution in [3.05, 3.63) is 39.1 Å². The van der Waals surface area contributed by atoms with Gasteiger partial charge in [-0.3, -0.25) is 9.47 Å². The van der Waals surface area contributed by atoms with Crippen molar-refractivity contribution in [3.63, 3.8) is 0 Å². The monoisotopic (exact) mass is 435 g/mol. The standard InChI is InChI=1S/C19H26BrN5S/c1-22(13-15-5-7-16(20)8-6-15)14-24-19(26)25(17-9-10-17)18(21-24)23-11-3-2-4-12-23/h5-8,17H,2-4,9-14H2,1H3. The van der Waals surface area contributed by atoms with E-state index in [-0.39, 0.29) is 0 Å². The van der Waals surface area contributed by atoms with Gasteiger partial charge in [-0.1, -0.05) is 28.1 Å². The van der Waals surface area contributed by atoms with E-state index in [9.17, 15) is 0 Å². The third-order valence-electron chi connectivity index (χ3n) is 5.14. The third kappa shape index (κ3) is 4.05. The maximum Gasteiger partial charge on any atom is 0.226 e. The molecule has 1 aromatic carbocycles. The lowest BCUT2D eigenvalue weighted by Crippen LogP contribution is -2.32. The number of nitrogens with zero attached hydrogens (tertiary/aromatic N) is 5. The Labute approximate surface area is 168 Å². The predicted octanol–water partition coefficient (Wildman–Crippen LogP) is 4.59. The normalized spacial score (nSPS) is 17.9. The van der Waals surface area contributed by atoms with E-state index < -0.39 is 0 Å². The van der Waals surface area contributed by atoms with Crippen molar-refractivity contribution in [2.45, 2.75) is 51.4 Å². The van der Waals surface area contributed by atoms with Crippen molar-refractivity contribution in [2.75, 3.05) is 25.0 Å². The molecule has 0 N–H and O–H groups in total. The highest BCUT2D eigenvalue weighted by atomic mass is 79.9. The Balaban J connectivity index is 1.52. The van der Waals surface area contributed by atoms with Gasteiger partial charge in [-0.15, -0.1) is 5.10 Å². The van der Waals surface area contributed by atoms with Gasteiger partial charge in [0, 0.05) is 30.1 Å². The van der Waals surface area contributed by atoms with E-state index in [4.69, 9.17) is 17.3 Å². The molecule has 1 aromatic heterocycles. The van der Waals surface area contributed by atoms with Crippen LogP contribution in [0, 0.1) is 4.77 Å². The molecular formula is C19H26BrN5S. The van der Waals surface area contributed by atoms with E-state index in [1.54, 1.807) is 0 Å². The zero-order chi connectivity index (χ0) is 18.1. The highest BCUT2D eigenvalue weighted by Gasteiger charge is 2.31. The number of anilines is 1. The molecule has 1 saturated heterocycles. The van der Waals surface area contributed by atoms with Gasteiger partial charge in [-0.05, 0) is 69.1 Å². The number of piperidine rings is 1. The van der Waals surface area contributed by atoms with E-state index >= 15 is 0 Å². The average Bonchev–Trinajstić information content (AvgIpc) is 3.43. The number of hydrogen-bond acceptors (Lipinski definition) is 4. The van der Waals surface area contributed by atoms with Gasteiger partial charge in [0.25, 0.3) is 0 Å². The first kappa shape index (κ1) is 18.2. The van der Waals surface area contributed by atoms with E-state index in [1.807, 2.05) is 4.68 Å². The van der Waals surface area contributed by atoms with E-state index in [0.29, 0.717) is 6.04 Å². The van der Waals surface area contributed by atoms with Crippen LogP contribution in [0.5, 0.6) is 0 Å². The summed E-state index contributed by atoms with van der Waals surface area (Å²) in [5.41, 5.74) is 1.29. The molecule has 26 heavy (non-hydrogen) atoms. The molecule has 0 radical (unpaired) electrons. The number of hydrogen-bond donors (Lipinski definition) is 0. The Morgan fingerprint density at radius 1 is 1.15 bits per heavy atom. The molecule has 5 nitrogen and oxygen atoms in total. The average molecular weight is 436 g/mol. The van der Waals surface area contributed by atoms with Gasteiger partial charge in [0.15, 0.2) is 0 Å². The van der Waals surface area contributed by atoms with Crippen LogP contribution in [0.2, 0.25) is 0 Å². The summed E-state index contributed by atoms with van der Waals surface area (Å²) in [7, 11) is 2.13. The molecule has 2 aromatic rings. The lowest BCUT2D eigenvalue weighted by atomic mass is 10.1. The summed E-state index contributed by atoms with van der Waals surface area (Å²) in [5.74, 6) is 1.09. The molecule has 0 bridgehead atoms. The van der Waals surface area contributed by atoms with Gasteiger partial charge in [-0.25, -0.2) is 4.68 Å². The minimum Gasteiger partial charge on any atom is -0.341 e. The zero-order valence-corrected chi connectivity index (χ0v) is 17.7. The van der Waals surface area contributed by atoms with Crippen LogP contribution < -0.4 is 4.90 Å². The smallest absolute Gasteiger partial charge is 0.226 e. The topological polar surface area (TPSA) is 29.2 Å². The molecule has 0 atom stereocenters. The fourth-order valence-corrected chi connectivity index (χ4v) is 4.24. The van der Waals surface area contributed by atoms with E-state index in [1.165, 1.54) is 37.7 Å². The summed E-state index contributed by atoms with van der Waals surface area (Å²) in [6, 6.07) is 9.05. The molecule has 4 rings (SSSR count). The van der Waals surface area contributed by atoms with Gasteiger partial charge >= 0.3 is 0 Å². The maximum absolute atomic E-state index is 5.80. The Morgan fingerprint density at radius 3 is 2.50 bits per heavy atom. The quantitative estimate of drug-likeness (QED) is 0.620. The Kier molecular flexibility index (Phi) is 5.47. The first-order valence-electron chi connectivity index (χ1n) is 9.49. The Morgan fingerprint density at radius 2 is 1.85 bits per heavy atom. The van der Waals surface area contributed by atoms with Gasteiger partial charge in [0.1, 0.15) is 0 Å². The number of benzene rings is 1. The number of halogens is 1. The molecule has 1 saturated carbocycles. The maximum atomic E-state index is 5.80. The minimum atomic E-state index is 0.560. The highest BCUT2D eigenvalue weighted by Crippen LogP contribution is 2.38. The van der Waals surface area contributed by atoms with Crippen LogP contribution in [0.3, 0.4) is 0 Å². The molecule has 7 heteroatoms. The first-order valence-corrected chi connectivity index (χ1v) is 10.7. The minimum absolute atomic E-state index is 0.560. The second-order valence-corrected chi connectivity index (χ2v) is 8.79. The Bertz CT molecular complexity index is 802. The molecular weight excluding hydrogens is 410 g/mol. The molecule has 1 aliphatic carbocycles. The van der Waals surface area contributed by atoms with Crippen molar-refractivity contribution in [1.29, 1.82) is 0 Å². The van der Waals surface area contributed by atoms with Gasteiger partial charge < -0.3 is 4.90 Å². The van der Waals surface area contributed by atoms with Crippen LogP contribution in [-0.4, -0.2) is 39.4 Å². The summed E-state index contributed by atoms with van der Waals surface area (Å²) in [4.78, 5) is 4.70. The van der Waals surface area contributed by atoms with Crippen molar-refractivity contribution in [2.24, 2.45) is 0 Å². The second kappa shape index (κ2) is 7.82. The fraction of sp³-hybridized carbons (Fsp3) is 0.579. The van der Waals surface area contributed by atoms with Crippen molar-refractivity contribution < 1.29 is 0 Å². The summed E-state index contributed by atoms with van der Waals surface area (Å²) in [5, 5.41) is 4.94. The fourth-order valence-electron chi connectivity index (χ4n) is 3.64. The summed E-state index contributed by atoms with van der Waals surface area (Å²) >= 11 is 9.30. The van der Waals surface area contributed by atoms with Crippen LogP contribution >= 0.6 is 28.1 Å². The molecule has 2 heterocycles. The molecule has 0 amide bonds. The van der Waals surface area contributed by atoms with Crippen LogP contribution in [0.4, 0.5) is 5.95 Å². The number of rotatable bonds is 6. The summed E-state index contributed by atoms with van der Waals surface area (Å²) < 4.78 is 6.31. The molecule has 140 valence electrons. The van der Waals surface area contributed by atoms with Gasteiger partial charge in [-0.2, -0.15) is 0 Å². The van der Waals surface area contributed by atoms with Crippen molar-refractivity contribution in [1.82, 2.24) is 19.2 Å². The zero-order valence-electron chi connectivity index (χ0n) is 15.3. The predicted molar refractivity (Wildman–Crippen MR) is 111 cm³/mol. The molecule has 2 fully saturated rings. The summed E-state index contributed by atoms with van der Waals surface area (Å²) in [6.45, 7) is 3.81. The lowest BCUT2D eigenvalue weighted by molar-refractivity contribution is 0.243. The summed E-state index contributed by atoms with van der Waals surface area (Å²) in [6.07, 6.45) is 6.31. The molecule has 0 unspecified atom stereocenters. The van der Waals surface area contributed by atoms with Crippen LogP contribution in [-0.2, 0) is 13.2 Å². The van der Waals surface area contributed by atoms with Gasteiger partial charge in [0.05, 0.1) is 6.67 Å². The number of aromatic nitrogens is 3. The SMILES string of the molecule is CN(Cc1ccc(Br)cc1)Cn1nc(N2CCCCC2)n(C2CC2)c1=S.